The summed E-state index contributed by atoms with van der Waals surface area (Å²) < 4.78 is 5.17. The molecule has 1 N–H and O–H groups in total. The van der Waals surface area contributed by atoms with Crippen molar-refractivity contribution in [3.63, 3.8) is 0 Å². The second-order valence-corrected chi connectivity index (χ2v) is 5.35. The number of thiophene rings is 1. The number of rotatable bonds is 3. The number of benzene rings is 1. The fraction of sp³-hybridized carbons (Fsp3) is 0.0588. The van der Waals surface area contributed by atoms with E-state index >= 15 is 0 Å². The zero-order chi connectivity index (χ0) is 15.2. The highest BCUT2D eigenvalue weighted by Crippen LogP contribution is 2.24. The number of amides is 1. The SMILES string of the molecule is O=C(NCC#Cc1ccccc1)c1cc(-c2cccs2)on1. The normalized spacial score (nSPS) is 9.82. The van der Waals surface area contributed by atoms with Crippen LogP contribution in [0.4, 0.5) is 0 Å². The Hall–Kier alpha value is -2.84. The van der Waals surface area contributed by atoms with Gasteiger partial charge in [0.05, 0.1) is 11.4 Å². The second-order valence-electron chi connectivity index (χ2n) is 4.40. The molecule has 2 heterocycles. The van der Waals surface area contributed by atoms with E-state index in [-0.39, 0.29) is 18.1 Å². The minimum atomic E-state index is -0.297. The monoisotopic (exact) mass is 308 g/mol. The Labute approximate surface area is 131 Å². The van der Waals surface area contributed by atoms with Crippen LogP contribution in [0, 0.1) is 11.8 Å². The Balaban J connectivity index is 1.58. The molecule has 1 aromatic carbocycles. The maximum atomic E-state index is 11.9. The van der Waals surface area contributed by atoms with Gasteiger partial charge in [-0.3, -0.25) is 4.79 Å². The molecule has 0 radical (unpaired) electrons. The Morgan fingerprint density at radius 3 is 2.86 bits per heavy atom. The summed E-state index contributed by atoms with van der Waals surface area (Å²) in [5.41, 5.74) is 1.17. The molecule has 1 amide bonds. The summed E-state index contributed by atoms with van der Waals surface area (Å²) in [6, 6.07) is 15.1. The van der Waals surface area contributed by atoms with Crippen molar-refractivity contribution in [2.24, 2.45) is 0 Å². The van der Waals surface area contributed by atoms with E-state index in [0.717, 1.165) is 10.4 Å². The zero-order valence-corrected chi connectivity index (χ0v) is 12.4. The predicted molar refractivity (Wildman–Crippen MR) is 85.5 cm³/mol. The molecule has 3 rings (SSSR count). The number of carbonyl (C=O) groups excluding carboxylic acids is 1. The first-order valence-electron chi connectivity index (χ1n) is 6.65. The van der Waals surface area contributed by atoms with Gasteiger partial charge in [-0.2, -0.15) is 0 Å². The van der Waals surface area contributed by atoms with Gasteiger partial charge in [-0.1, -0.05) is 41.3 Å². The summed E-state index contributed by atoms with van der Waals surface area (Å²) in [5, 5.41) is 8.42. The van der Waals surface area contributed by atoms with Crippen LogP contribution in [0.1, 0.15) is 16.1 Å². The van der Waals surface area contributed by atoms with E-state index in [0.29, 0.717) is 5.76 Å². The average Bonchev–Trinajstić information content (AvgIpc) is 3.22. The van der Waals surface area contributed by atoms with Crippen LogP contribution >= 0.6 is 11.3 Å². The van der Waals surface area contributed by atoms with Gasteiger partial charge in [0.25, 0.3) is 5.91 Å². The molecule has 0 spiro atoms. The third-order valence-corrected chi connectivity index (χ3v) is 3.74. The summed E-state index contributed by atoms with van der Waals surface area (Å²) in [5.74, 6) is 6.17. The van der Waals surface area contributed by atoms with E-state index in [4.69, 9.17) is 4.52 Å². The van der Waals surface area contributed by atoms with Crippen LogP contribution < -0.4 is 5.32 Å². The molecule has 108 valence electrons. The first-order valence-corrected chi connectivity index (χ1v) is 7.53. The largest absolute Gasteiger partial charge is 0.355 e. The summed E-state index contributed by atoms with van der Waals surface area (Å²) in [4.78, 5) is 12.9. The Morgan fingerprint density at radius 2 is 2.09 bits per heavy atom. The van der Waals surface area contributed by atoms with Crippen molar-refractivity contribution >= 4 is 17.2 Å². The first kappa shape index (κ1) is 14.1. The maximum absolute atomic E-state index is 11.9. The highest BCUT2D eigenvalue weighted by Gasteiger charge is 2.13. The minimum absolute atomic E-state index is 0.255. The van der Waals surface area contributed by atoms with Crippen LogP contribution in [0.2, 0.25) is 0 Å². The summed E-state index contributed by atoms with van der Waals surface area (Å²) >= 11 is 1.53. The molecule has 2 aromatic heterocycles. The van der Waals surface area contributed by atoms with Gasteiger partial charge in [0.2, 0.25) is 0 Å². The topological polar surface area (TPSA) is 55.1 Å². The van der Waals surface area contributed by atoms with Crippen molar-refractivity contribution in [2.75, 3.05) is 6.54 Å². The van der Waals surface area contributed by atoms with Crippen molar-refractivity contribution in [2.45, 2.75) is 0 Å². The molecule has 22 heavy (non-hydrogen) atoms. The van der Waals surface area contributed by atoms with Crippen LogP contribution in [0.25, 0.3) is 10.6 Å². The molecule has 0 saturated carbocycles. The van der Waals surface area contributed by atoms with E-state index in [9.17, 15) is 4.79 Å². The molecule has 0 aliphatic heterocycles. The van der Waals surface area contributed by atoms with E-state index in [1.54, 1.807) is 6.07 Å². The van der Waals surface area contributed by atoms with E-state index in [1.807, 2.05) is 47.8 Å². The zero-order valence-electron chi connectivity index (χ0n) is 11.6. The van der Waals surface area contributed by atoms with Crippen LogP contribution in [0.5, 0.6) is 0 Å². The van der Waals surface area contributed by atoms with Gasteiger partial charge >= 0.3 is 0 Å². The van der Waals surface area contributed by atoms with E-state index < -0.39 is 0 Å². The molecule has 4 nitrogen and oxygen atoms in total. The average molecular weight is 308 g/mol. The van der Waals surface area contributed by atoms with Crippen molar-refractivity contribution in [1.29, 1.82) is 0 Å². The van der Waals surface area contributed by atoms with Gasteiger partial charge in [0.15, 0.2) is 11.5 Å². The Bertz CT molecular complexity index is 811. The van der Waals surface area contributed by atoms with Gasteiger partial charge in [-0.15, -0.1) is 11.3 Å². The Kier molecular flexibility index (Phi) is 4.33. The minimum Gasteiger partial charge on any atom is -0.355 e. The molecule has 5 heteroatoms. The molecule has 0 saturated heterocycles. The predicted octanol–water partition coefficient (Wildman–Crippen LogP) is 3.18. The van der Waals surface area contributed by atoms with Crippen molar-refractivity contribution in [3.05, 3.63) is 65.2 Å². The Morgan fingerprint density at radius 1 is 1.23 bits per heavy atom. The van der Waals surface area contributed by atoms with Gasteiger partial charge < -0.3 is 9.84 Å². The van der Waals surface area contributed by atoms with Gasteiger partial charge in [-0.25, -0.2) is 0 Å². The summed E-state index contributed by atoms with van der Waals surface area (Å²) in [7, 11) is 0. The molecule has 0 aliphatic rings. The van der Waals surface area contributed by atoms with Gasteiger partial charge in [-0.05, 0) is 23.6 Å². The second kappa shape index (κ2) is 6.74. The third kappa shape index (κ3) is 3.43. The fourth-order valence-corrected chi connectivity index (χ4v) is 2.47. The number of hydrogen-bond donors (Lipinski definition) is 1. The number of nitrogens with one attached hydrogen (secondary N) is 1. The lowest BCUT2D eigenvalue weighted by Gasteiger charge is -1.95. The fourth-order valence-electron chi connectivity index (χ4n) is 1.80. The first-order chi connectivity index (χ1) is 10.8. The summed E-state index contributed by atoms with van der Waals surface area (Å²) in [6.45, 7) is 0.259. The lowest BCUT2D eigenvalue weighted by molar-refractivity contribution is 0.0950. The molecule has 3 aromatic rings. The number of hydrogen-bond acceptors (Lipinski definition) is 4. The van der Waals surface area contributed by atoms with Crippen LogP contribution in [0.3, 0.4) is 0 Å². The quantitative estimate of drug-likeness (QED) is 0.756. The standard InChI is InChI=1S/C17H12N2O2S/c20-17(18-10-4-8-13-6-2-1-3-7-13)14-12-15(21-19-14)16-9-5-11-22-16/h1-3,5-7,9,11-12H,10H2,(H,18,20). The lowest BCUT2D eigenvalue weighted by atomic mass is 10.2. The highest BCUT2D eigenvalue weighted by atomic mass is 32.1. The molecule has 0 aliphatic carbocycles. The lowest BCUT2D eigenvalue weighted by Crippen LogP contribution is -2.23. The molecule has 0 unspecified atom stereocenters. The van der Waals surface area contributed by atoms with Crippen molar-refractivity contribution < 1.29 is 9.32 Å². The maximum Gasteiger partial charge on any atom is 0.274 e. The van der Waals surface area contributed by atoms with Crippen LogP contribution in [-0.4, -0.2) is 17.6 Å². The molecule has 0 fully saturated rings. The number of nitrogens with zero attached hydrogens (tertiary/aromatic N) is 1. The van der Waals surface area contributed by atoms with Crippen LogP contribution in [0.15, 0.2) is 58.4 Å². The molecular formula is C17H12N2O2S. The molecule has 0 atom stereocenters. The van der Waals surface area contributed by atoms with E-state index in [2.05, 4.69) is 22.3 Å². The van der Waals surface area contributed by atoms with E-state index in [1.165, 1.54) is 11.3 Å². The molecular weight excluding hydrogens is 296 g/mol. The highest BCUT2D eigenvalue weighted by molar-refractivity contribution is 7.13. The number of aromatic nitrogens is 1. The smallest absolute Gasteiger partial charge is 0.274 e. The number of carbonyl (C=O) groups is 1. The van der Waals surface area contributed by atoms with Gasteiger partial charge in [0.1, 0.15) is 0 Å². The van der Waals surface area contributed by atoms with Crippen molar-refractivity contribution in [3.8, 4) is 22.5 Å². The van der Waals surface area contributed by atoms with Crippen molar-refractivity contribution in [1.82, 2.24) is 10.5 Å². The van der Waals surface area contributed by atoms with Gasteiger partial charge in [0, 0.05) is 11.6 Å². The van der Waals surface area contributed by atoms with Crippen LogP contribution in [-0.2, 0) is 0 Å². The molecule has 0 bridgehead atoms. The third-order valence-electron chi connectivity index (χ3n) is 2.85. The summed E-state index contributed by atoms with van der Waals surface area (Å²) in [6.07, 6.45) is 0.